The van der Waals surface area contributed by atoms with Crippen LogP contribution in [-0.2, 0) is 11.0 Å². The van der Waals surface area contributed by atoms with Gasteiger partial charge >= 0.3 is 6.18 Å². The molecule has 1 amide bonds. The van der Waals surface area contributed by atoms with Crippen molar-refractivity contribution < 1.29 is 35.5 Å². The maximum absolute atomic E-state index is 13.3. The summed E-state index contributed by atoms with van der Waals surface area (Å²) >= 11 is 3.35. The Kier molecular flexibility index (Phi) is 8.47. The lowest BCUT2D eigenvalue weighted by Crippen LogP contribution is -2.20. The number of halogens is 8. The highest BCUT2D eigenvalue weighted by molar-refractivity contribution is 9.10. The summed E-state index contributed by atoms with van der Waals surface area (Å²) < 4.78 is 91.0. The number of amides is 1. The van der Waals surface area contributed by atoms with Gasteiger partial charge in [-0.2, -0.15) is 13.2 Å². The van der Waals surface area contributed by atoms with Gasteiger partial charge in [0.15, 0.2) is 23.3 Å². The van der Waals surface area contributed by atoms with Crippen LogP contribution in [0.15, 0.2) is 28.7 Å². The minimum atomic E-state index is -5.61. The van der Waals surface area contributed by atoms with Crippen molar-refractivity contribution in [2.45, 2.75) is 32.9 Å². The molecule has 2 aromatic rings. The summed E-state index contributed by atoms with van der Waals surface area (Å²) in [5, 5.41) is 1.50. The zero-order valence-corrected chi connectivity index (χ0v) is 16.2. The molecule has 0 saturated heterocycles. The van der Waals surface area contributed by atoms with Crippen molar-refractivity contribution in [2.75, 3.05) is 5.32 Å². The predicted octanol–water partition coefficient (Wildman–Crippen LogP) is 6.76. The SMILES string of the molecule is CCCC(=O)Nc1c(F)c(F)c(C(F)(F)F)c(F)c1F.Cc1ccc(Br)cc1. The van der Waals surface area contributed by atoms with Crippen molar-refractivity contribution in [3.63, 3.8) is 0 Å². The number of nitrogens with one attached hydrogen (secondary N) is 1. The van der Waals surface area contributed by atoms with Gasteiger partial charge in [0.25, 0.3) is 0 Å². The number of hydrogen-bond acceptors (Lipinski definition) is 1. The highest BCUT2D eigenvalue weighted by Crippen LogP contribution is 2.38. The largest absolute Gasteiger partial charge is 0.422 e. The fourth-order valence-corrected chi connectivity index (χ4v) is 2.22. The zero-order chi connectivity index (χ0) is 21.6. The van der Waals surface area contributed by atoms with Gasteiger partial charge in [0.1, 0.15) is 11.3 Å². The van der Waals surface area contributed by atoms with Crippen LogP contribution in [0.3, 0.4) is 0 Å². The standard InChI is InChI=1S/C11H8F7NO.C7H7Br/c1-2-3-4(20)19-10-8(14)6(12)5(11(16,17)18)7(13)9(10)15;1-6-2-4-7(8)5-3-6/h2-3H2,1H3,(H,19,20);2-5H,1H3. The molecule has 0 aromatic heterocycles. The molecule has 0 saturated carbocycles. The second kappa shape index (κ2) is 9.90. The second-order valence-corrected chi connectivity index (χ2v) is 6.51. The van der Waals surface area contributed by atoms with Gasteiger partial charge in [0, 0.05) is 10.9 Å². The van der Waals surface area contributed by atoms with E-state index in [0.717, 1.165) is 4.47 Å². The lowest BCUT2D eigenvalue weighted by atomic mass is 10.1. The Morgan fingerprint density at radius 3 is 1.79 bits per heavy atom. The molecule has 2 nitrogen and oxygen atoms in total. The van der Waals surface area contributed by atoms with Crippen LogP contribution in [0.5, 0.6) is 0 Å². The summed E-state index contributed by atoms with van der Waals surface area (Å²) in [5.41, 5.74) is -2.96. The Morgan fingerprint density at radius 1 is 0.964 bits per heavy atom. The molecule has 0 atom stereocenters. The lowest BCUT2D eigenvalue weighted by Gasteiger charge is -2.14. The van der Waals surface area contributed by atoms with Gasteiger partial charge < -0.3 is 5.32 Å². The van der Waals surface area contributed by atoms with E-state index in [1.807, 2.05) is 12.1 Å². The summed E-state index contributed by atoms with van der Waals surface area (Å²) in [7, 11) is 0. The highest BCUT2D eigenvalue weighted by atomic mass is 79.9. The average Bonchev–Trinajstić information content (AvgIpc) is 2.59. The van der Waals surface area contributed by atoms with Crippen molar-refractivity contribution in [2.24, 2.45) is 0 Å². The molecule has 0 fully saturated rings. The maximum Gasteiger partial charge on any atom is 0.422 e. The van der Waals surface area contributed by atoms with Crippen molar-refractivity contribution in [1.82, 2.24) is 0 Å². The van der Waals surface area contributed by atoms with Crippen LogP contribution in [0.25, 0.3) is 0 Å². The van der Waals surface area contributed by atoms with E-state index in [4.69, 9.17) is 0 Å². The number of anilines is 1. The Hall–Kier alpha value is -2.10. The number of carbonyl (C=O) groups excluding carboxylic acids is 1. The Balaban J connectivity index is 0.000000406. The molecule has 2 rings (SSSR count). The van der Waals surface area contributed by atoms with Crippen molar-refractivity contribution in [1.29, 1.82) is 0 Å². The van der Waals surface area contributed by atoms with Crippen LogP contribution in [-0.4, -0.2) is 5.91 Å². The van der Waals surface area contributed by atoms with Crippen LogP contribution in [0.2, 0.25) is 0 Å². The van der Waals surface area contributed by atoms with E-state index in [2.05, 4.69) is 35.0 Å². The Labute approximate surface area is 164 Å². The molecule has 0 bridgehead atoms. The van der Waals surface area contributed by atoms with E-state index in [9.17, 15) is 35.5 Å². The molecule has 0 unspecified atom stereocenters. The van der Waals surface area contributed by atoms with Crippen molar-refractivity contribution in [3.8, 4) is 0 Å². The smallest absolute Gasteiger partial charge is 0.321 e. The molecule has 0 aliphatic rings. The first kappa shape index (κ1) is 23.9. The first-order valence-electron chi connectivity index (χ1n) is 7.85. The first-order valence-corrected chi connectivity index (χ1v) is 8.64. The Bertz CT molecular complexity index is 785. The number of rotatable bonds is 3. The molecule has 0 spiro atoms. The molecule has 0 radical (unpaired) electrons. The van der Waals surface area contributed by atoms with Gasteiger partial charge in [0.2, 0.25) is 5.91 Å². The average molecular weight is 474 g/mol. The van der Waals surface area contributed by atoms with Gasteiger partial charge in [-0.15, -0.1) is 0 Å². The number of aryl methyl sites for hydroxylation is 1. The molecule has 28 heavy (non-hydrogen) atoms. The predicted molar refractivity (Wildman–Crippen MR) is 93.7 cm³/mol. The maximum atomic E-state index is 13.3. The van der Waals surface area contributed by atoms with Crippen LogP contribution in [0.1, 0.15) is 30.9 Å². The number of alkyl halides is 3. The molecule has 154 valence electrons. The molecule has 2 aromatic carbocycles. The molecular weight excluding hydrogens is 459 g/mol. The summed E-state index contributed by atoms with van der Waals surface area (Å²) in [6.07, 6.45) is -5.56. The third kappa shape index (κ3) is 6.22. The summed E-state index contributed by atoms with van der Waals surface area (Å²) in [5.74, 6) is -10.8. The monoisotopic (exact) mass is 473 g/mol. The first-order chi connectivity index (χ1) is 12.9. The van der Waals surface area contributed by atoms with E-state index < -0.39 is 46.6 Å². The molecular formula is C18H15BrF7NO. The molecule has 0 aliphatic heterocycles. The fourth-order valence-electron chi connectivity index (χ4n) is 1.95. The summed E-state index contributed by atoms with van der Waals surface area (Å²) in [6.45, 7) is 3.62. The zero-order valence-electron chi connectivity index (χ0n) is 14.7. The quantitative estimate of drug-likeness (QED) is 0.387. The fraction of sp³-hybridized carbons (Fsp3) is 0.278. The van der Waals surface area contributed by atoms with Crippen LogP contribution < -0.4 is 5.32 Å². The van der Waals surface area contributed by atoms with E-state index in [1.54, 1.807) is 6.92 Å². The number of hydrogen-bond donors (Lipinski definition) is 1. The van der Waals surface area contributed by atoms with Crippen LogP contribution >= 0.6 is 15.9 Å². The third-order valence-electron chi connectivity index (χ3n) is 3.30. The summed E-state index contributed by atoms with van der Waals surface area (Å²) in [4.78, 5) is 11.1. The Morgan fingerprint density at radius 2 is 1.43 bits per heavy atom. The van der Waals surface area contributed by atoms with E-state index in [0.29, 0.717) is 0 Å². The molecule has 10 heteroatoms. The van der Waals surface area contributed by atoms with Crippen LogP contribution in [0.4, 0.5) is 36.4 Å². The third-order valence-corrected chi connectivity index (χ3v) is 3.83. The lowest BCUT2D eigenvalue weighted by molar-refractivity contribution is -0.143. The molecule has 1 N–H and O–H groups in total. The van der Waals surface area contributed by atoms with Gasteiger partial charge in [-0.25, -0.2) is 17.6 Å². The summed E-state index contributed by atoms with van der Waals surface area (Å²) in [6, 6.07) is 8.22. The van der Waals surface area contributed by atoms with Gasteiger partial charge in [-0.1, -0.05) is 40.5 Å². The minimum absolute atomic E-state index is 0.219. The van der Waals surface area contributed by atoms with Crippen LogP contribution in [0, 0.1) is 30.2 Å². The highest BCUT2D eigenvalue weighted by Gasteiger charge is 2.42. The van der Waals surface area contributed by atoms with Gasteiger partial charge in [0.05, 0.1) is 0 Å². The van der Waals surface area contributed by atoms with Crippen molar-refractivity contribution in [3.05, 3.63) is 63.1 Å². The normalized spacial score (nSPS) is 10.9. The molecule has 0 aliphatic carbocycles. The van der Waals surface area contributed by atoms with Crippen molar-refractivity contribution >= 4 is 27.5 Å². The van der Waals surface area contributed by atoms with E-state index in [-0.39, 0.29) is 12.8 Å². The van der Waals surface area contributed by atoms with E-state index in [1.165, 1.54) is 10.9 Å². The second-order valence-electron chi connectivity index (χ2n) is 5.60. The van der Waals surface area contributed by atoms with Gasteiger partial charge in [-0.3, -0.25) is 4.79 Å². The minimum Gasteiger partial charge on any atom is -0.321 e. The van der Waals surface area contributed by atoms with E-state index >= 15 is 0 Å². The topological polar surface area (TPSA) is 29.1 Å². The molecule has 0 heterocycles. The van der Waals surface area contributed by atoms with Gasteiger partial charge in [-0.05, 0) is 25.5 Å². The number of benzene rings is 2. The number of carbonyl (C=O) groups is 1.